The minimum atomic E-state index is -0.523. The van der Waals surface area contributed by atoms with Gasteiger partial charge in [-0.3, -0.25) is 0 Å². The van der Waals surface area contributed by atoms with Crippen molar-refractivity contribution in [3.8, 4) is 0 Å². The van der Waals surface area contributed by atoms with Gasteiger partial charge in [0.25, 0.3) is 0 Å². The first-order chi connectivity index (χ1) is 14.9. The van der Waals surface area contributed by atoms with Gasteiger partial charge in [-0.25, -0.2) is 0 Å². The Bertz CT molecular complexity index is 1060. The number of fused-ring (bicyclic) bond motifs is 1. The normalized spacial score (nSPS) is 16.7. The fourth-order valence-corrected chi connectivity index (χ4v) is 4.77. The molecule has 0 spiro atoms. The molecule has 1 saturated heterocycles. The van der Waals surface area contributed by atoms with Crippen LogP contribution in [0.25, 0.3) is 10.8 Å². The first kappa shape index (κ1) is 19.0. The second kappa shape index (κ2) is 8.43. The highest BCUT2D eigenvalue weighted by molar-refractivity contribution is 5.82. The lowest BCUT2D eigenvalue weighted by atomic mass is 9.79. The van der Waals surface area contributed by atoms with Gasteiger partial charge < -0.3 is 10.1 Å². The van der Waals surface area contributed by atoms with E-state index in [1.54, 1.807) is 0 Å². The molecule has 0 radical (unpaired) electrons. The molecule has 150 valence electrons. The first-order valence-electron chi connectivity index (χ1n) is 10.8. The van der Waals surface area contributed by atoms with E-state index in [0.717, 1.165) is 13.0 Å². The second-order valence-electron chi connectivity index (χ2n) is 8.09. The molecule has 0 saturated carbocycles. The number of benzene rings is 4. The summed E-state index contributed by atoms with van der Waals surface area (Å²) in [5.74, 6) is 0. The van der Waals surface area contributed by atoms with Crippen molar-refractivity contribution in [2.24, 2.45) is 0 Å². The molecule has 0 aliphatic carbocycles. The van der Waals surface area contributed by atoms with E-state index in [9.17, 15) is 0 Å². The summed E-state index contributed by atoms with van der Waals surface area (Å²) >= 11 is 0. The molecule has 1 fully saturated rings. The van der Waals surface area contributed by atoms with Gasteiger partial charge >= 0.3 is 0 Å². The zero-order valence-electron chi connectivity index (χ0n) is 17.1. The third-order valence-electron chi connectivity index (χ3n) is 6.24. The molecule has 30 heavy (non-hydrogen) atoms. The largest absolute Gasteiger partial charge is 0.359 e. The Kier molecular flexibility index (Phi) is 5.35. The lowest BCUT2D eigenvalue weighted by Gasteiger charge is -2.40. The Morgan fingerprint density at radius 3 is 2.00 bits per heavy atom. The number of hydrogen-bond acceptors (Lipinski definition) is 2. The summed E-state index contributed by atoms with van der Waals surface area (Å²) in [6, 6.07) is 36.8. The van der Waals surface area contributed by atoms with E-state index >= 15 is 0 Å². The van der Waals surface area contributed by atoms with E-state index in [4.69, 9.17) is 4.74 Å². The molecule has 2 heteroatoms. The van der Waals surface area contributed by atoms with Crippen molar-refractivity contribution >= 4 is 10.8 Å². The van der Waals surface area contributed by atoms with Gasteiger partial charge in [-0.1, -0.05) is 97.1 Å². The Balaban J connectivity index is 1.57. The van der Waals surface area contributed by atoms with Crippen LogP contribution in [0.15, 0.2) is 103 Å². The number of hydrogen-bond donors (Lipinski definition) is 1. The Morgan fingerprint density at radius 2 is 1.37 bits per heavy atom. The molecule has 1 N–H and O–H groups in total. The number of ether oxygens (including phenoxy) is 1. The summed E-state index contributed by atoms with van der Waals surface area (Å²) in [6.07, 6.45) is 2.27. The van der Waals surface area contributed by atoms with Crippen LogP contribution in [0.4, 0.5) is 0 Å². The Morgan fingerprint density at radius 1 is 0.733 bits per heavy atom. The van der Waals surface area contributed by atoms with E-state index in [1.165, 1.54) is 33.9 Å². The molecule has 0 bridgehead atoms. The van der Waals surface area contributed by atoms with E-state index in [-0.39, 0.29) is 6.04 Å². The molecule has 4 aromatic rings. The van der Waals surface area contributed by atoms with Gasteiger partial charge in [0.05, 0.1) is 6.61 Å². The highest BCUT2D eigenvalue weighted by atomic mass is 16.5. The summed E-state index contributed by atoms with van der Waals surface area (Å²) in [6.45, 7) is 1.60. The van der Waals surface area contributed by atoms with Crippen LogP contribution in [0.1, 0.15) is 29.5 Å². The number of rotatable bonds is 6. The maximum atomic E-state index is 6.96. The molecule has 1 aliphatic rings. The lowest BCUT2D eigenvalue weighted by Crippen LogP contribution is -2.48. The SMILES string of the molecule is c1ccc(C(OCc2ccc3ccccc3c2)(c2ccccc2)[C@@H]2CCCN2)cc1. The van der Waals surface area contributed by atoms with Crippen molar-refractivity contribution in [2.45, 2.75) is 31.1 Å². The van der Waals surface area contributed by atoms with Gasteiger partial charge in [-0.05, 0) is 52.9 Å². The molecule has 2 nitrogen and oxygen atoms in total. The monoisotopic (exact) mass is 393 g/mol. The fraction of sp³-hybridized carbons (Fsp3) is 0.214. The minimum Gasteiger partial charge on any atom is -0.359 e. The first-order valence-corrected chi connectivity index (χ1v) is 10.8. The zero-order valence-corrected chi connectivity index (χ0v) is 17.1. The van der Waals surface area contributed by atoms with Gasteiger partial charge in [-0.2, -0.15) is 0 Å². The summed E-state index contributed by atoms with van der Waals surface area (Å²) in [4.78, 5) is 0. The van der Waals surface area contributed by atoms with E-state index < -0.39 is 5.60 Å². The maximum absolute atomic E-state index is 6.96. The predicted molar refractivity (Wildman–Crippen MR) is 123 cm³/mol. The van der Waals surface area contributed by atoms with Crippen molar-refractivity contribution < 1.29 is 4.74 Å². The Labute approximate surface area is 178 Å². The quantitative estimate of drug-likeness (QED) is 0.430. The molecular weight excluding hydrogens is 366 g/mol. The maximum Gasteiger partial charge on any atom is 0.134 e. The summed E-state index contributed by atoms with van der Waals surface area (Å²) in [7, 11) is 0. The Hall–Kier alpha value is -2.94. The van der Waals surface area contributed by atoms with Crippen LogP contribution in [0.3, 0.4) is 0 Å². The van der Waals surface area contributed by atoms with Crippen LogP contribution in [0.2, 0.25) is 0 Å². The molecule has 4 aromatic carbocycles. The zero-order chi connectivity index (χ0) is 20.2. The third kappa shape index (κ3) is 3.54. The molecule has 1 aliphatic heterocycles. The number of nitrogens with one attached hydrogen (secondary N) is 1. The van der Waals surface area contributed by atoms with E-state index in [0.29, 0.717) is 6.61 Å². The van der Waals surface area contributed by atoms with Crippen molar-refractivity contribution in [2.75, 3.05) is 6.54 Å². The van der Waals surface area contributed by atoms with Gasteiger partial charge in [0.1, 0.15) is 5.60 Å². The molecular formula is C28H27NO. The van der Waals surface area contributed by atoms with Crippen LogP contribution < -0.4 is 5.32 Å². The third-order valence-corrected chi connectivity index (χ3v) is 6.24. The predicted octanol–water partition coefficient (Wildman–Crippen LogP) is 6.05. The highest BCUT2D eigenvalue weighted by Gasteiger charge is 2.44. The molecule has 0 aromatic heterocycles. The van der Waals surface area contributed by atoms with Crippen LogP contribution in [-0.4, -0.2) is 12.6 Å². The molecule has 1 atom stereocenters. The van der Waals surface area contributed by atoms with Gasteiger partial charge in [-0.15, -0.1) is 0 Å². The molecule has 5 rings (SSSR count). The van der Waals surface area contributed by atoms with Crippen molar-refractivity contribution in [3.63, 3.8) is 0 Å². The van der Waals surface area contributed by atoms with E-state index in [2.05, 4.69) is 108 Å². The van der Waals surface area contributed by atoms with Crippen LogP contribution in [-0.2, 0) is 16.9 Å². The lowest BCUT2D eigenvalue weighted by molar-refractivity contribution is -0.0533. The van der Waals surface area contributed by atoms with Crippen molar-refractivity contribution in [3.05, 3.63) is 120 Å². The summed E-state index contributed by atoms with van der Waals surface area (Å²) in [5, 5.41) is 6.25. The van der Waals surface area contributed by atoms with Gasteiger partial charge in [0.2, 0.25) is 0 Å². The summed E-state index contributed by atoms with van der Waals surface area (Å²) < 4.78 is 6.96. The molecule has 0 amide bonds. The molecule has 1 heterocycles. The summed E-state index contributed by atoms with van der Waals surface area (Å²) in [5.41, 5.74) is 3.08. The molecule has 0 unspecified atom stereocenters. The smallest absolute Gasteiger partial charge is 0.134 e. The van der Waals surface area contributed by atoms with Crippen LogP contribution >= 0.6 is 0 Å². The van der Waals surface area contributed by atoms with Gasteiger partial charge in [0.15, 0.2) is 0 Å². The second-order valence-corrected chi connectivity index (χ2v) is 8.09. The van der Waals surface area contributed by atoms with Gasteiger partial charge in [0, 0.05) is 6.04 Å². The van der Waals surface area contributed by atoms with Crippen molar-refractivity contribution in [1.29, 1.82) is 0 Å². The van der Waals surface area contributed by atoms with Crippen LogP contribution in [0.5, 0.6) is 0 Å². The topological polar surface area (TPSA) is 21.3 Å². The fourth-order valence-electron chi connectivity index (χ4n) is 4.77. The van der Waals surface area contributed by atoms with E-state index in [1.807, 2.05) is 0 Å². The van der Waals surface area contributed by atoms with Crippen LogP contribution in [0, 0.1) is 0 Å². The average molecular weight is 394 g/mol. The minimum absolute atomic E-state index is 0.239. The highest BCUT2D eigenvalue weighted by Crippen LogP contribution is 2.41. The standard InChI is InChI=1S/C28H27NO/c1-3-12-25(13-4-1)28(27-16-9-19-29-27,26-14-5-2-6-15-26)30-21-22-17-18-23-10-7-8-11-24(23)20-22/h1-8,10-15,17-18,20,27,29H,9,16,19,21H2/t27-/m0/s1. The van der Waals surface area contributed by atoms with Crippen molar-refractivity contribution in [1.82, 2.24) is 5.32 Å². The average Bonchev–Trinajstić information content (AvgIpc) is 3.36.